The van der Waals surface area contributed by atoms with Gasteiger partial charge in [0.15, 0.2) is 6.10 Å². The van der Waals surface area contributed by atoms with E-state index in [9.17, 15) is 9.18 Å². The Morgan fingerprint density at radius 1 is 0.962 bits per heavy atom. The number of ether oxygens (including phenoxy) is 1. The third-order valence-electron chi connectivity index (χ3n) is 3.61. The highest BCUT2D eigenvalue weighted by Crippen LogP contribution is 2.33. The van der Waals surface area contributed by atoms with Crippen molar-refractivity contribution < 1.29 is 13.9 Å². The summed E-state index contributed by atoms with van der Waals surface area (Å²) >= 11 is 1.58. The van der Waals surface area contributed by atoms with Crippen molar-refractivity contribution in [2.45, 2.75) is 22.8 Å². The molecule has 0 bridgehead atoms. The van der Waals surface area contributed by atoms with Crippen LogP contribution < -0.4 is 10.1 Å². The normalized spacial score (nSPS) is 11.6. The lowest BCUT2D eigenvalue weighted by atomic mass is 10.3. The molecule has 5 heteroatoms. The summed E-state index contributed by atoms with van der Waals surface area (Å²) in [6, 6.07) is 23.2. The number of halogens is 1. The van der Waals surface area contributed by atoms with Gasteiger partial charge in [0.25, 0.3) is 5.91 Å². The second-order valence-electron chi connectivity index (χ2n) is 5.61. The molecule has 0 spiro atoms. The second-order valence-corrected chi connectivity index (χ2v) is 6.73. The molecule has 0 saturated carbocycles. The Hall–Kier alpha value is -2.79. The number of hydrogen-bond donors (Lipinski definition) is 1. The molecule has 0 heterocycles. The summed E-state index contributed by atoms with van der Waals surface area (Å²) in [7, 11) is 0. The van der Waals surface area contributed by atoms with Crippen molar-refractivity contribution in [3.05, 3.63) is 84.7 Å². The first kappa shape index (κ1) is 18.0. The molecular formula is C21H18FNO2S. The molecule has 0 fully saturated rings. The van der Waals surface area contributed by atoms with Gasteiger partial charge in [-0.3, -0.25) is 4.79 Å². The van der Waals surface area contributed by atoms with E-state index in [0.717, 1.165) is 15.5 Å². The summed E-state index contributed by atoms with van der Waals surface area (Å²) in [4.78, 5) is 14.5. The van der Waals surface area contributed by atoms with Crippen LogP contribution in [-0.4, -0.2) is 12.0 Å². The van der Waals surface area contributed by atoms with E-state index in [1.165, 1.54) is 24.3 Å². The molecule has 0 unspecified atom stereocenters. The molecule has 0 aromatic heterocycles. The molecule has 0 aliphatic heterocycles. The standard InChI is InChI=1S/C21H18FNO2S/c1-15(25-17-13-11-16(22)12-14-17)21(24)23-19-9-5-6-10-20(19)26-18-7-3-2-4-8-18/h2-15H,1H3,(H,23,24)/t15-/m0/s1. The Labute approximate surface area is 156 Å². The van der Waals surface area contributed by atoms with Crippen LogP contribution in [0.5, 0.6) is 5.75 Å². The van der Waals surface area contributed by atoms with Gasteiger partial charge in [0.1, 0.15) is 11.6 Å². The second kappa shape index (κ2) is 8.54. The largest absolute Gasteiger partial charge is 0.481 e. The molecule has 3 aromatic carbocycles. The number of nitrogens with one attached hydrogen (secondary N) is 1. The Balaban J connectivity index is 1.68. The fourth-order valence-corrected chi connectivity index (χ4v) is 3.20. The van der Waals surface area contributed by atoms with Gasteiger partial charge in [-0.15, -0.1) is 0 Å². The molecule has 132 valence electrons. The maximum absolute atomic E-state index is 13.0. The zero-order valence-corrected chi connectivity index (χ0v) is 15.0. The van der Waals surface area contributed by atoms with E-state index in [1.54, 1.807) is 18.7 Å². The number of para-hydroxylation sites is 1. The molecule has 1 N–H and O–H groups in total. The van der Waals surface area contributed by atoms with Crippen molar-refractivity contribution in [2.24, 2.45) is 0 Å². The minimum atomic E-state index is -0.713. The van der Waals surface area contributed by atoms with E-state index < -0.39 is 6.10 Å². The lowest BCUT2D eigenvalue weighted by Gasteiger charge is -2.16. The van der Waals surface area contributed by atoms with Crippen molar-refractivity contribution >= 4 is 23.4 Å². The van der Waals surface area contributed by atoms with Gasteiger partial charge >= 0.3 is 0 Å². The predicted molar refractivity (Wildman–Crippen MR) is 102 cm³/mol. The van der Waals surface area contributed by atoms with Crippen molar-refractivity contribution in [3.8, 4) is 5.75 Å². The van der Waals surface area contributed by atoms with Gasteiger partial charge in [0.2, 0.25) is 0 Å². The quantitative estimate of drug-likeness (QED) is 0.635. The van der Waals surface area contributed by atoms with Crippen LogP contribution in [0, 0.1) is 5.82 Å². The van der Waals surface area contributed by atoms with E-state index in [1.807, 2.05) is 54.6 Å². The number of amides is 1. The van der Waals surface area contributed by atoms with Gasteiger partial charge < -0.3 is 10.1 Å². The molecule has 1 atom stereocenters. The number of rotatable bonds is 6. The molecule has 3 aromatic rings. The highest BCUT2D eigenvalue weighted by molar-refractivity contribution is 7.99. The molecule has 0 radical (unpaired) electrons. The van der Waals surface area contributed by atoms with Crippen molar-refractivity contribution in [1.29, 1.82) is 0 Å². The van der Waals surface area contributed by atoms with Crippen LogP contribution in [-0.2, 0) is 4.79 Å². The average Bonchev–Trinajstić information content (AvgIpc) is 2.66. The number of benzene rings is 3. The smallest absolute Gasteiger partial charge is 0.265 e. The van der Waals surface area contributed by atoms with Gasteiger partial charge in [-0.25, -0.2) is 4.39 Å². The topological polar surface area (TPSA) is 38.3 Å². The summed E-state index contributed by atoms with van der Waals surface area (Å²) in [5.41, 5.74) is 0.723. The zero-order valence-electron chi connectivity index (χ0n) is 14.2. The van der Waals surface area contributed by atoms with Crippen LogP contribution in [0.3, 0.4) is 0 Å². The molecule has 1 amide bonds. The first-order valence-corrected chi connectivity index (χ1v) is 8.98. The SMILES string of the molecule is C[C@H](Oc1ccc(F)cc1)C(=O)Nc1ccccc1Sc1ccccc1. The molecule has 3 nitrogen and oxygen atoms in total. The molecule has 0 aliphatic rings. The number of anilines is 1. The number of carbonyl (C=O) groups excluding carboxylic acids is 1. The Bertz CT molecular complexity index is 869. The van der Waals surface area contributed by atoms with Crippen molar-refractivity contribution in [1.82, 2.24) is 0 Å². The lowest BCUT2D eigenvalue weighted by Crippen LogP contribution is -2.30. The van der Waals surface area contributed by atoms with Crippen LogP contribution in [0.15, 0.2) is 88.7 Å². The molecule has 26 heavy (non-hydrogen) atoms. The van der Waals surface area contributed by atoms with E-state index in [0.29, 0.717) is 5.75 Å². The highest BCUT2D eigenvalue weighted by atomic mass is 32.2. The van der Waals surface area contributed by atoms with Crippen molar-refractivity contribution in [3.63, 3.8) is 0 Å². The first-order valence-electron chi connectivity index (χ1n) is 8.17. The van der Waals surface area contributed by atoms with Gasteiger partial charge in [-0.1, -0.05) is 42.1 Å². The van der Waals surface area contributed by atoms with E-state index in [4.69, 9.17) is 4.74 Å². The lowest BCUT2D eigenvalue weighted by molar-refractivity contribution is -0.122. The van der Waals surface area contributed by atoms with Crippen LogP contribution in [0.1, 0.15) is 6.92 Å². The Morgan fingerprint density at radius 3 is 2.35 bits per heavy atom. The fourth-order valence-electron chi connectivity index (χ4n) is 2.28. The summed E-state index contributed by atoms with van der Waals surface area (Å²) in [5.74, 6) is -0.169. The third kappa shape index (κ3) is 4.86. The third-order valence-corrected chi connectivity index (χ3v) is 4.70. The summed E-state index contributed by atoms with van der Waals surface area (Å²) in [5, 5.41) is 2.90. The maximum Gasteiger partial charge on any atom is 0.265 e. The predicted octanol–water partition coefficient (Wildman–Crippen LogP) is 5.38. The van der Waals surface area contributed by atoms with Crippen molar-refractivity contribution in [2.75, 3.05) is 5.32 Å². The van der Waals surface area contributed by atoms with Gasteiger partial charge in [-0.2, -0.15) is 0 Å². The summed E-state index contributed by atoms with van der Waals surface area (Å²) < 4.78 is 18.5. The van der Waals surface area contributed by atoms with E-state index >= 15 is 0 Å². The summed E-state index contributed by atoms with van der Waals surface area (Å²) in [6.45, 7) is 1.66. The van der Waals surface area contributed by atoms with Gasteiger partial charge in [0.05, 0.1) is 5.69 Å². The van der Waals surface area contributed by atoms with Crippen LogP contribution >= 0.6 is 11.8 Å². The maximum atomic E-state index is 13.0. The Kier molecular flexibility index (Phi) is 5.92. The zero-order chi connectivity index (χ0) is 18.4. The monoisotopic (exact) mass is 367 g/mol. The minimum Gasteiger partial charge on any atom is -0.481 e. The first-order chi connectivity index (χ1) is 12.6. The van der Waals surface area contributed by atoms with E-state index in [-0.39, 0.29) is 11.7 Å². The molecular weight excluding hydrogens is 349 g/mol. The van der Waals surface area contributed by atoms with Gasteiger partial charge in [-0.05, 0) is 55.5 Å². The van der Waals surface area contributed by atoms with Gasteiger partial charge in [0, 0.05) is 9.79 Å². The molecule has 3 rings (SSSR count). The fraction of sp³-hybridized carbons (Fsp3) is 0.0952. The molecule has 0 aliphatic carbocycles. The summed E-state index contributed by atoms with van der Waals surface area (Å²) in [6.07, 6.45) is -0.713. The minimum absolute atomic E-state index is 0.268. The van der Waals surface area contributed by atoms with E-state index in [2.05, 4.69) is 5.32 Å². The number of carbonyl (C=O) groups is 1. The van der Waals surface area contributed by atoms with Crippen LogP contribution in [0.25, 0.3) is 0 Å². The highest BCUT2D eigenvalue weighted by Gasteiger charge is 2.16. The number of hydrogen-bond acceptors (Lipinski definition) is 3. The van der Waals surface area contributed by atoms with Crippen LogP contribution in [0.2, 0.25) is 0 Å². The average molecular weight is 367 g/mol. The van der Waals surface area contributed by atoms with Crippen LogP contribution in [0.4, 0.5) is 10.1 Å². The Morgan fingerprint density at radius 2 is 1.62 bits per heavy atom. The molecule has 0 saturated heterocycles.